The molecule has 1 aromatic rings. The van der Waals surface area contributed by atoms with Crippen molar-refractivity contribution in [2.75, 3.05) is 0 Å². The molecule has 0 heterocycles. The number of carbonyl (C=O) groups excluding carboxylic acids is 2. The number of carbonyl (C=O) groups is 2. The van der Waals surface area contributed by atoms with Crippen molar-refractivity contribution < 1.29 is 14.0 Å². The molecule has 0 spiro atoms. The number of hydrogen-bond donors (Lipinski definition) is 0. The SMILES string of the molecule is O=C1CCCC(C(=O)c2ccc(Br)c(F)c2)C1. The van der Waals surface area contributed by atoms with Crippen molar-refractivity contribution in [3.05, 3.63) is 34.1 Å². The Bertz CT molecular complexity index is 470. The molecule has 1 fully saturated rings. The molecule has 1 saturated carbocycles. The molecule has 1 aliphatic rings. The molecule has 1 unspecified atom stereocenters. The van der Waals surface area contributed by atoms with Gasteiger partial charge in [-0.25, -0.2) is 4.39 Å². The van der Waals surface area contributed by atoms with Gasteiger partial charge in [0, 0.05) is 24.3 Å². The van der Waals surface area contributed by atoms with Crippen molar-refractivity contribution in [3.63, 3.8) is 0 Å². The molecule has 0 aliphatic heterocycles. The lowest BCUT2D eigenvalue weighted by Crippen LogP contribution is -2.23. The summed E-state index contributed by atoms with van der Waals surface area (Å²) in [6.07, 6.45) is 2.35. The Balaban J connectivity index is 2.18. The third-order valence-electron chi connectivity index (χ3n) is 3.06. The number of ketones is 2. The first kappa shape index (κ1) is 12.4. The highest BCUT2D eigenvalue weighted by Crippen LogP contribution is 2.26. The molecule has 1 aromatic carbocycles. The minimum absolute atomic E-state index is 0.121. The van der Waals surface area contributed by atoms with Crippen LogP contribution >= 0.6 is 15.9 Å². The highest BCUT2D eigenvalue weighted by Gasteiger charge is 2.26. The lowest BCUT2D eigenvalue weighted by atomic mass is 9.83. The van der Waals surface area contributed by atoms with Gasteiger partial charge in [0.2, 0.25) is 0 Å². The second kappa shape index (κ2) is 5.08. The van der Waals surface area contributed by atoms with E-state index in [2.05, 4.69) is 15.9 Å². The molecule has 2 rings (SSSR count). The van der Waals surface area contributed by atoms with Gasteiger partial charge in [0.05, 0.1) is 4.47 Å². The normalized spacial score (nSPS) is 20.4. The van der Waals surface area contributed by atoms with Crippen LogP contribution in [0.3, 0.4) is 0 Å². The summed E-state index contributed by atoms with van der Waals surface area (Å²) in [5, 5.41) is 0. The molecular formula is C13H12BrFO2. The van der Waals surface area contributed by atoms with E-state index < -0.39 is 5.82 Å². The summed E-state index contributed by atoms with van der Waals surface area (Å²) in [5.74, 6) is -0.702. The van der Waals surface area contributed by atoms with Crippen molar-refractivity contribution >= 4 is 27.5 Å². The first-order valence-electron chi connectivity index (χ1n) is 5.59. The quantitative estimate of drug-likeness (QED) is 0.783. The summed E-state index contributed by atoms with van der Waals surface area (Å²) in [4.78, 5) is 23.4. The molecule has 0 aromatic heterocycles. The molecule has 17 heavy (non-hydrogen) atoms. The molecule has 0 amide bonds. The fourth-order valence-electron chi connectivity index (χ4n) is 2.13. The predicted octanol–water partition coefficient (Wildman–Crippen LogP) is 3.53. The zero-order valence-electron chi connectivity index (χ0n) is 9.21. The number of Topliss-reactive ketones (excluding diaryl/α,β-unsaturated/α-hetero) is 2. The summed E-state index contributed by atoms with van der Waals surface area (Å²) in [7, 11) is 0. The van der Waals surface area contributed by atoms with Gasteiger partial charge < -0.3 is 0 Å². The third-order valence-corrected chi connectivity index (χ3v) is 3.70. The van der Waals surface area contributed by atoms with Crippen molar-refractivity contribution in [2.45, 2.75) is 25.7 Å². The third kappa shape index (κ3) is 2.80. The van der Waals surface area contributed by atoms with Crippen molar-refractivity contribution in [1.82, 2.24) is 0 Å². The maximum absolute atomic E-state index is 13.3. The van der Waals surface area contributed by atoms with E-state index in [-0.39, 0.29) is 17.5 Å². The highest BCUT2D eigenvalue weighted by atomic mass is 79.9. The molecular weight excluding hydrogens is 287 g/mol. The van der Waals surface area contributed by atoms with E-state index in [4.69, 9.17) is 0 Å². The summed E-state index contributed by atoms with van der Waals surface area (Å²) in [6.45, 7) is 0. The maximum atomic E-state index is 13.3. The maximum Gasteiger partial charge on any atom is 0.166 e. The molecule has 0 bridgehead atoms. The summed E-state index contributed by atoms with van der Waals surface area (Å²) in [5.41, 5.74) is 0.352. The fourth-order valence-corrected chi connectivity index (χ4v) is 2.38. The van der Waals surface area contributed by atoms with Crippen LogP contribution in [0.1, 0.15) is 36.0 Å². The van der Waals surface area contributed by atoms with Crippen molar-refractivity contribution in [3.8, 4) is 0 Å². The van der Waals surface area contributed by atoms with Gasteiger partial charge in [0.1, 0.15) is 11.6 Å². The van der Waals surface area contributed by atoms with E-state index in [1.54, 1.807) is 6.07 Å². The van der Waals surface area contributed by atoms with Crippen LogP contribution in [0.25, 0.3) is 0 Å². The van der Waals surface area contributed by atoms with E-state index in [0.29, 0.717) is 22.9 Å². The van der Waals surface area contributed by atoms with Gasteiger partial charge in [-0.1, -0.05) is 6.07 Å². The van der Waals surface area contributed by atoms with Crippen LogP contribution in [-0.2, 0) is 4.79 Å². The summed E-state index contributed by atoms with van der Waals surface area (Å²) < 4.78 is 13.7. The zero-order chi connectivity index (χ0) is 12.4. The second-order valence-electron chi connectivity index (χ2n) is 4.33. The van der Waals surface area contributed by atoms with Gasteiger partial charge in [-0.3, -0.25) is 9.59 Å². The highest BCUT2D eigenvalue weighted by molar-refractivity contribution is 9.10. The average molecular weight is 299 g/mol. The minimum Gasteiger partial charge on any atom is -0.300 e. The van der Waals surface area contributed by atoms with Gasteiger partial charge in [0.15, 0.2) is 5.78 Å². The van der Waals surface area contributed by atoms with Gasteiger partial charge in [-0.05, 0) is 40.9 Å². The smallest absolute Gasteiger partial charge is 0.166 e. The van der Waals surface area contributed by atoms with Gasteiger partial charge >= 0.3 is 0 Å². The Kier molecular flexibility index (Phi) is 3.72. The lowest BCUT2D eigenvalue weighted by molar-refractivity contribution is -0.121. The monoisotopic (exact) mass is 298 g/mol. The first-order valence-corrected chi connectivity index (χ1v) is 6.38. The van der Waals surface area contributed by atoms with Crippen LogP contribution in [0.5, 0.6) is 0 Å². The summed E-state index contributed by atoms with van der Waals surface area (Å²) in [6, 6.07) is 4.34. The first-order chi connectivity index (χ1) is 8.08. The molecule has 1 aliphatic carbocycles. The van der Waals surface area contributed by atoms with Crippen LogP contribution in [0.2, 0.25) is 0 Å². The Morgan fingerprint density at radius 1 is 1.41 bits per heavy atom. The molecule has 2 nitrogen and oxygen atoms in total. The van der Waals surface area contributed by atoms with Gasteiger partial charge in [0.25, 0.3) is 0 Å². The van der Waals surface area contributed by atoms with Gasteiger partial charge in [-0.15, -0.1) is 0 Å². The fraction of sp³-hybridized carbons (Fsp3) is 0.385. The van der Waals surface area contributed by atoms with Crippen LogP contribution in [0, 0.1) is 11.7 Å². The van der Waals surface area contributed by atoms with E-state index >= 15 is 0 Å². The standard InChI is InChI=1S/C13H12BrFO2/c14-11-5-4-9(7-12(11)15)13(17)8-2-1-3-10(16)6-8/h4-5,7-8H,1-3,6H2. The molecule has 0 radical (unpaired) electrons. The molecule has 0 N–H and O–H groups in total. The Morgan fingerprint density at radius 2 is 2.18 bits per heavy atom. The second-order valence-corrected chi connectivity index (χ2v) is 5.18. The Hall–Kier alpha value is -1.03. The van der Waals surface area contributed by atoms with Crippen molar-refractivity contribution in [2.24, 2.45) is 5.92 Å². The van der Waals surface area contributed by atoms with E-state index in [9.17, 15) is 14.0 Å². The average Bonchev–Trinajstić information content (AvgIpc) is 2.32. The number of benzene rings is 1. The predicted molar refractivity (Wildman–Crippen MR) is 65.4 cm³/mol. The molecule has 1 atom stereocenters. The van der Waals surface area contributed by atoms with Crippen LogP contribution in [-0.4, -0.2) is 11.6 Å². The summed E-state index contributed by atoms with van der Waals surface area (Å²) >= 11 is 3.04. The van der Waals surface area contributed by atoms with E-state index in [0.717, 1.165) is 12.8 Å². The Labute approximate surface area is 107 Å². The molecule has 90 valence electrons. The van der Waals surface area contributed by atoms with Crippen LogP contribution in [0.4, 0.5) is 4.39 Å². The molecule has 4 heteroatoms. The number of hydrogen-bond acceptors (Lipinski definition) is 2. The lowest BCUT2D eigenvalue weighted by Gasteiger charge is -2.19. The van der Waals surface area contributed by atoms with Gasteiger partial charge in [-0.2, -0.15) is 0 Å². The van der Waals surface area contributed by atoms with Crippen LogP contribution in [0.15, 0.2) is 22.7 Å². The number of halogens is 2. The topological polar surface area (TPSA) is 34.1 Å². The van der Waals surface area contributed by atoms with E-state index in [1.807, 2.05) is 0 Å². The largest absolute Gasteiger partial charge is 0.300 e. The zero-order valence-corrected chi connectivity index (χ0v) is 10.8. The van der Waals surface area contributed by atoms with Crippen molar-refractivity contribution in [1.29, 1.82) is 0 Å². The minimum atomic E-state index is -0.446. The Morgan fingerprint density at radius 3 is 2.82 bits per heavy atom. The van der Waals surface area contributed by atoms with E-state index in [1.165, 1.54) is 12.1 Å². The molecule has 0 saturated heterocycles. The number of rotatable bonds is 2. The van der Waals surface area contributed by atoms with Crippen LogP contribution < -0.4 is 0 Å².